The van der Waals surface area contributed by atoms with Gasteiger partial charge in [0.1, 0.15) is 17.7 Å². The van der Waals surface area contributed by atoms with Crippen molar-refractivity contribution in [2.45, 2.75) is 45.4 Å². The van der Waals surface area contributed by atoms with E-state index in [-0.39, 0.29) is 0 Å². The van der Waals surface area contributed by atoms with Gasteiger partial charge in [-0.1, -0.05) is 0 Å². The lowest BCUT2D eigenvalue weighted by atomic mass is 10.2. The molecule has 4 N–H and O–H groups in total. The van der Waals surface area contributed by atoms with Crippen LogP contribution in [0.3, 0.4) is 0 Å². The number of rotatable bonds is 5. The van der Waals surface area contributed by atoms with Crippen LogP contribution in [0.25, 0.3) is 0 Å². The standard InChI is InChI=1S/C11H20N2O6/c1-6(9(16)17)12-8(15)7(5-14)13-10(18)19-11(2,3)4/h6-7,14H,5H2,1-4H3,(H,12,15)(H,13,18)(H,16,17)/t6-,7-/m1/s1. The van der Waals surface area contributed by atoms with Crippen LogP contribution in [-0.4, -0.2) is 52.5 Å². The molecule has 0 aliphatic heterocycles. The second kappa shape index (κ2) is 6.93. The molecule has 0 rings (SSSR count). The molecule has 0 aromatic heterocycles. The molecule has 0 aromatic carbocycles. The maximum absolute atomic E-state index is 11.6. The molecule has 110 valence electrons. The third-order valence-corrected chi connectivity index (χ3v) is 1.92. The monoisotopic (exact) mass is 276 g/mol. The molecule has 0 heterocycles. The molecule has 0 fully saturated rings. The lowest BCUT2D eigenvalue weighted by Crippen LogP contribution is -2.53. The fraction of sp³-hybridized carbons (Fsp3) is 0.727. The molecule has 0 aliphatic carbocycles. The predicted molar refractivity (Wildman–Crippen MR) is 65.5 cm³/mol. The van der Waals surface area contributed by atoms with Gasteiger partial charge in [-0.2, -0.15) is 0 Å². The summed E-state index contributed by atoms with van der Waals surface area (Å²) in [4.78, 5) is 33.6. The lowest BCUT2D eigenvalue weighted by Gasteiger charge is -2.22. The maximum Gasteiger partial charge on any atom is 0.408 e. The Morgan fingerprint density at radius 3 is 2.11 bits per heavy atom. The van der Waals surface area contributed by atoms with Gasteiger partial charge in [0.15, 0.2) is 0 Å². The number of aliphatic hydroxyl groups excluding tert-OH is 1. The number of aliphatic hydroxyl groups is 1. The normalized spacial score (nSPS) is 14.2. The van der Waals surface area contributed by atoms with Crippen molar-refractivity contribution in [3.63, 3.8) is 0 Å². The first-order chi connectivity index (χ1) is 8.56. The van der Waals surface area contributed by atoms with Crippen molar-refractivity contribution in [2.75, 3.05) is 6.61 Å². The van der Waals surface area contributed by atoms with Crippen molar-refractivity contribution in [2.24, 2.45) is 0 Å². The quantitative estimate of drug-likeness (QED) is 0.534. The number of carboxylic acid groups (broad SMARTS) is 1. The summed E-state index contributed by atoms with van der Waals surface area (Å²) in [6.07, 6.45) is -0.871. The summed E-state index contributed by atoms with van der Waals surface area (Å²) < 4.78 is 4.92. The second-order valence-corrected chi connectivity index (χ2v) is 4.95. The number of carbonyl (C=O) groups is 3. The van der Waals surface area contributed by atoms with E-state index in [1.807, 2.05) is 0 Å². The minimum atomic E-state index is -1.27. The second-order valence-electron chi connectivity index (χ2n) is 4.95. The van der Waals surface area contributed by atoms with E-state index >= 15 is 0 Å². The zero-order chi connectivity index (χ0) is 15.2. The summed E-state index contributed by atoms with van der Waals surface area (Å²) in [6, 6.07) is -2.39. The fourth-order valence-corrected chi connectivity index (χ4v) is 1.02. The number of hydrogen-bond acceptors (Lipinski definition) is 5. The van der Waals surface area contributed by atoms with E-state index in [0.717, 1.165) is 0 Å². The summed E-state index contributed by atoms with van der Waals surface area (Å²) in [7, 11) is 0. The van der Waals surface area contributed by atoms with E-state index in [1.54, 1.807) is 20.8 Å². The predicted octanol–water partition coefficient (Wildman–Crippen LogP) is -0.539. The first-order valence-corrected chi connectivity index (χ1v) is 5.70. The molecule has 0 spiro atoms. The minimum Gasteiger partial charge on any atom is -0.480 e. The number of ether oxygens (including phenoxy) is 1. The zero-order valence-electron chi connectivity index (χ0n) is 11.4. The van der Waals surface area contributed by atoms with E-state index in [9.17, 15) is 14.4 Å². The van der Waals surface area contributed by atoms with Crippen LogP contribution in [0, 0.1) is 0 Å². The Morgan fingerprint density at radius 2 is 1.74 bits per heavy atom. The van der Waals surface area contributed by atoms with Crippen LogP contribution in [0.1, 0.15) is 27.7 Å². The van der Waals surface area contributed by atoms with Crippen molar-refractivity contribution in [1.29, 1.82) is 0 Å². The molecule has 0 unspecified atom stereocenters. The minimum absolute atomic E-state index is 0.669. The first kappa shape index (κ1) is 17.2. The lowest BCUT2D eigenvalue weighted by molar-refractivity contribution is -0.141. The Bertz CT molecular complexity index is 350. The molecule has 0 bridgehead atoms. The number of nitrogens with one attached hydrogen (secondary N) is 2. The smallest absolute Gasteiger partial charge is 0.408 e. The zero-order valence-corrected chi connectivity index (χ0v) is 11.4. The number of amides is 2. The number of carboxylic acids is 1. The van der Waals surface area contributed by atoms with Crippen LogP contribution in [0.15, 0.2) is 0 Å². The van der Waals surface area contributed by atoms with Gasteiger partial charge in [0.05, 0.1) is 6.61 Å². The number of carbonyl (C=O) groups excluding carboxylic acids is 2. The van der Waals surface area contributed by atoms with E-state index in [1.165, 1.54) is 6.92 Å². The van der Waals surface area contributed by atoms with E-state index in [0.29, 0.717) is 0 Å². The Labute approximate surface area is 111 Å². The van der Waals surface area contributed by atoms with Gasteiger partial charge in [-0.05, 0) is 27.7 Å². The summed E-state index contributed by atoms with van der Waals surface area (Å²) in [6.45, 7) is 5.53. The van der Waals surface area contributed by atoms with Crippen LogP contribution in [-0.2, 0) is 14.3 Å². The highest BCUT2D eigenvalue weighted by atomic mass is 16.6. The molecule has 2 amide bonds. The van der Waals surface area contributed by atoms with Crippen LogP contribution < -0.4 is 10.6 Å². The number of hydrogen-bond donors (Lipinski definition) is 4. The van der Waals surface area contributed by atoms with Crippen LogP contribution >= 0.6 is 0 Å². The van der Waals surface area contributed by atoms with E-state index in [4.69, 9.17) is 14.9 Å². The van der Waals surface area contributed by atoms with Gasteiger partial charge in [0, 0.05) is 0 Å². The summed E-state index contributed by atoms with van der Waals surface area (Å²) >= 11 is 0. The average molecular weight is 276 g/mol. The third kappa shape index (κ3) is 7.24. The molecule has 0 saturated carbocycles. The molecule has 0 saturated heterocycles. The molecule has 0 aliphatic rings. The van der Waals surface area contributed by atoms with Gasteiger partial charge in [-0.15, -0.1) is 0 Å². The van der Waals surface area contributed by atoms with Gasteiger partial charge >= 0.3 is 12.1 Å². The van der Waals surface area contributed by atoms with Gasteiger partial charge < -0.3 is 25.6 Å². The number of aliphatic carboxylic acids is 1. The molecule has 19 heavy (non-hydrogen) atoms. The maximum atomic E-state index is 11.6. The highest BCUT2D eigenvalue weighted by molar-refractivity contribution is 5.89. The Balaban J connectivity index is 4.46. The Kier molecular flexibility index (Phi) is 6.26. The summed E-state index contributed by atoms with van der Waals surface area (Å²) in [5.74, 6) is -2.02. The van der Waals surface area contributed by atoms with Crippen molar-refractivity contribution in [1.82, 2.24) is 10.6 Å². The first-order valence-electron chi connectivity index (χ1n) is 5.70. The van der Waals surface area contributed by atoms with Crippen LogP contribution in [0.2, 0.25) is 0 Å². The molecule has 2 atom stereocenters. The van der Waals surface area contributed by atoms with Gasteiger partial charge in [0.25, 0.3) is 0 Å². The van der Waals surface area contributed by atoms with Gasteiger partial charge in [-0.3, -0.25) is 9.59 Å². The third-order valence-electron chi connectivity index (χ3n) is 1.92. The average Bonchev–Trinajstić information content (AvgIpc) is 2.22. The van der Waals surface area contributed by atoms with Crippen LogP contribution in [0.5, 0.6) is 0 Å². The number of alkyl carbamates (subject to hydrolysis) is 1. The molecule has 0 aromatic rings. The van der Waals surface area contributed by atoms with Crippen molar-refractivity contribution >= 4 is 18.0 Å². The highest BCUT2D eigenvalue weighted by Gasteiger charge is 2.25. The van der Waals surface area contributed by atoms with E-state index in [2.05, 4.69) is 10.6 Å². The molecule has 8 nitrogen and oxygen atoms in total. The molecule has 0 radical (unpaired) electrons. The van der Waals surface area contributed by atoms with Gasteiger partial charge in [0.2, 0.25) is 5.91 Å². The molecular weight excluding hydrogens is 256 g/mol. The summed E-state index contributed by atoms with van der Waals surface area (Å²) in [5, 5.41) is 21.9. The SMILES string of the molecule is C[C@@H](NC(=O)[C@@H](CO)NC(=O)OC(C)(C)C)C(=O)O. The largest absolute Gasteiger partial charge is 0.480 e. The van der Waals surface area contributed by atoms with E-state index < -0.39 is 42.3 Å². The Hall–Kier alpha value is -1.83. The van der Waals surface area contributed by atoms with Gasteiger partial charge in [-0.25, -0.2) is 4.79 Å². The van der Waals surface area contributed by atoms with Crippen molar-refractivity contribution in [3.05, 3.63) is 0 Å². The molecule has 8 heteroatoms. The Morgan fingerprint density at radius 1 is 1.21 bits per heavy atom. The summed E-state index contributed by atoms with van der Waals surface area (Å²) in [5.41, 5.74) is -0.741. The van der Waals surface area contributed by atoms with Crippen molar-refractivity contribution < 1.29 is 29.3 Å². The fourth-order valence-electron chi connectivity index (χ4n) is 1.02. The van der Waals surface area contributed by atoms with Crippen LogP contribution in [0.4, 0.5) is 4.79 Å². The topological polar surface area (TPSA) is 125 Å². The molecular formula is C11H20N2O6. The van der Waals surface area contributed by atoms with Crippen molar-refractivity contribution in [3.8, 4) is 0 Å². The highest BCUT2D eigenvalue weighted by Crippen LogP contribution is 2.06.